The molecule has 8 heteroatoms. The third-order valence-electron chi connectivity index (χ3n) is 2.84. The lowest BCUT2D eigenvalue weighted by Gasteiger charge is -2.07. The Morgan fingerprint density at radius 2 is 2.15 bits per heavy atom. The highest BCUT2D eigenvalue weighted by Crippen LogP contribution is 2.39. The van der Waals surface area contributed by atoms with Gasteiger partial charge in [0.2, 0.25) is 6.79 Å². The van der Waals surface area contributed by atoms with Crippen LogP contribution in [0.4, 0.5) is 5.69 Å². The molecule has 1 aliphatic rings. The SMILES string of the molecule is OCCn1cc(CNc2cc3c(cc2Cl)OCO3)nn1. The summed E-state index contributed by atoms with van der Waals surface area (Å²) < 4.78 is 12.1. The highest BCUT2D eigenvalue weighted by atomic mass is 35.5. The summed E-state index contributed by atoms with van der Waals surface area (Å²) in [5.41, 5.74) is 1.50. The molecule has 0 fully saturated rings. The Labute approximate surface area is 120 Å². The number of nitrogens with zero attached hydrogens (tertiary/aromatic N) is 3. The van der Waals surface area contributed by atoms with E-state index in [0.29, 0.717) is 29.6 Å². The number of benzene rings is 1. The Morgan fingerprint density at radius 1 is 1.35 bits per heavy atom. The molecular formula is C12H13ClN4O3. The molecule has 0 aliphatic carbocycles. The summed E-state index contributed by atoms with van der Waals surface area (Å²) in [5, 5.41) is 20.4. The lowest BCUT2D eigenvalue weighted by Crippen LogP contribution is -2.02. The number of hydrogen-bond acceptors (Lipinski definition) is 6. The first-order chi connectivity index (χ1) is 9.76. The molecule has 3 rings (SSSR count). The van der Waals surface area contributed by atoms with Crippen molar-refractivity contribution >= 4 is 17.3 Å². The average Bonchev–Trinajstić information content (AvgIpc) is 3.05. The van der Waals surface area contributed by atoms with Crippen molar-refractivity contribution in [1.82, 2.24) is 15.0 Å². The van der Waals surface area contributed by atoms with Crippen LogP contribution in [0.3, 0.4) is 0 Å². The van der Waals surface area contributed by atoms with E-state index in [4.69, 9.17) is 26.2 Å². The molecule has 7 nitrogen and oxygen atoms in total. The number of fused-ring (bicyclic) bond motifs is 1. The molecule has 1 aromatic carbocycles. The summed E-state index contributed by atoms with van der Waals surface area (Å²) in [7, 11) is 0. The Balaban J connectivity index is 1.68. The minimum Gasteiger partial charge on any atom is -0.454 e. The first-order valence-electron chi connectivity index (χ1n) is 6.09. The van der Waals surface area contributed by atoms with E-state index in [9.17, 15) is 0 Å². The van der Waals surface area contributed by atoms with Crippen LogP contribution in [-0.4, -0.2) is 33.5 Å². The first-order valence-corrected chi connectivity index (χ1v) is 6.47. The fraction of sp³-hybridized carbons (Fsp3) is 0.333. The molecule has 2 heterocycles. The van der Waals surface area contributed by atoms with E-state index in [1.807, 2.05) is 0 Å². The summed E-state index contributed by atoms with van der Waals surface area (Å²) >= 11 is 6.16. The van der Waals surface area contributed by atoms with Gasteiger partial charge in [-0.15, -0.1) is 5.10 Å². The Morgan fingerprint density at radius 3 is 2.95 bits per heavy atom. The van der Waals surface area contributed by atoms with Crippen molar-refractivity contribution in [3.8, 4) is 11.5 Å². The Hall–Kier alpha value is -1.99. The van der Waals surface area contributed by atoms with Crippen LogP contribution in [0.5, 0.6) is 11.5 Å². The molecule has 0 bridgehead atoms. The number of nitrogens with one attached hydrogen (secondary N) is 1. The van der Waals surface area contributed by atoms with Crippen LogP contribution in [0.1, 0.15) is 5.69 Å². The predicted molar refractivity (Wildman–Crippen MR) is 72.0 cm³/mol. The van der Waals surface area contributed by atoms with Crippen molar-refractivity contribution in [2.75, 3.05) is 18.7 Å². The second-order valence-corrected chi connectivity index (χ2v) is 4.64. The van der Waals surface area contributed by atoms with Gasteiger partial charge in [0.15, 0.2) is 11.5 Å². The highest BCUT2D eigenvalue weighted by Gasteiger charge is 2.16. The summed E-state index contributed by atoms with van der Waals surface area (Å²) in [4.78, 5) is 0. The van der Waals surface area contributed by atoms with Crippen LogP contribution in [-0.2, 0) is 13.1 Å². The van der Waals surface area contributed by atoms with Crippen molar-refractivity contribution in [2.45, 2.75) is 13.1 Å². The summed E-state index contributed by atoms with van der Waals surface area (Å²) in [5.74, 6) is 1.32. The van der Waals surface area contributed by atoms with Gasteiger partial charge in [0.25, 0.3) is 0 Å². The van der Waals surface area contributed by atoms with E-state index >= 15 is 0 Å². The van der Waals surface area contributed by atoms with Crippen LogP contribution >= 0.6 is 11.6 Å². The van der Waals surface area contributed by atoms with E-state index < -0.39 is 0 Å². The van der Waals surface area contributed by atoms with Gasteiger partial charge >= 0.3 is 0 Å². The minimum atomic E-state index is 0.0320. The molecule has 20 heavy (non-hydrogen) atoms. The number of ether oxygens (including phenoxy) is 2. The van der Waals surface area contributed by atoms with Gasteiger partial charge < -0.3 is 19.9 Å². The molecule has 106 valence electrons. The number of halogens is 1. The standard InChI is InChI=1S/C12H13ClN4O3/c13-9-3-11-12(20-7-19-11)4-10(9)14-5-8-6-17(1-2-18)16-15-8/h3-4,6,14,18H,1-2,5,7H2. The van der Waals surface area contributed by atoms with Gasteiger partial charge in [-0.3, -0.25) is 0 Å². The van der Waals surface area contributed by atoms with Gasteiger partial charge in [0.1, 0.15) is 5.69 Å². The van der Waals surface area contributed by atoms with E-state index in [2.05, 4.69) is 15.6 Å². The average molecular weight is 297 g/mol. The van der Waals surface area contributed by atoms with Gasteiger partial charge in [0.05, 0.1) is 36.6 Å². The Kier molecular flexibility index (Phi) is 3.62. The van der Waals surface area contributed by atoms with E-state index in [1.165, 1.54) is 0 Å². The smallest absolute Gasteiger partial charge is 0.231 e. The van der Waals surface area contributed by atoms with Crippen molar-refractivity contribution in [2.24, 2.45) is 0 Å². The maximum absolute atomic E-state index is 8.82. The fourth-order valence-corrected chi connectivity index (χ4v) is 2.09. The fourth-order valence-electron chi connectivity index (χ4n) is 1.87. The third kappa shape index (κ3) is 2.63. The molecule has 0 saturated heterocycles. The van der Waals surface area contributed by atoms with Crippen LogP contribution < -0.4 is 14.8 Å². The Bertz CT molecular complexity index is 617. The van der Waals surface area contributed by atoms with E-state index in [1.54, 1.807) is 23.0 Å². The van der Waals surface area contributed by atoms with Gasteiger partial charge in [-0.25, -0.2) is 4.68 Å². The zero-order valence-electron chi connectivity index (χ0n) is 10.5. The number of aliphatic hydroxyl groups is 1. The second-order valence-electron chi connectivity index (χ2n) is 4.24. The van der Waals surface area contributed by atoms with Crippen LogP contribution in [0.25, 0.3) is 0 Å². The van der Waals surface area contributed by atoms with Crippen LogP contribution in [0.15, 0.2) is 18.3 Å². The topological polar surface area (TPSA) is 81.4 Å². The van der Waals surface area contributed by atoms with Crippen molar-refractivity contribution in [3.63, 3.8) is 0 Å². The molecule has 0 amide bonds. The molecule has 2 aromatic rings. The zero-order valence-corrected chi connectivity index (χ0v) is 11.3. The molecule has 0 atom stereocenters. The van der Waals surface area contributed by atoms with Gasteiger partial charge in [-0.1, -0.05) is 16.8 Å². The second kappa shape index (κ2) is 5.56. The van der Waals surface area contributed by atoms with E-state index in [0.717, 1.165) is 11.4 Å². The largest absolute Gasteiger partial charge is 0.454 e. The number of rotatable bonds is 5. The normalized spacial score (nSPS) is 12.7. The molecule has 0 saturated carbocycles. The molecule has 1 aliphatic heterocycles. The van der Waals surface area contributed by atoms with Crippen LogP contribution in [0.2, 0.25) is 5.02 Å². The van der Waals surface area contributed by atoms with Crippen molar-refractivity contribution in [1.29, 1.82) is 0 Å². The van der Waals surface area contributed by atoms with Crippen molar-refractivity contribution in [3.05, 3.63) is 29.0 Å². The molecule has 0 spiro atoms. The monoisotopic (exact) mass is 296 g/mol. The lowest BCUT2D eigenvalue weighted by molar-refractivity contribution is 0.174. The van der Waals surface area contributed by atoms with Gasteiger partial charge in [-0.05, 0) is 0 Å². The maximum atomic E-state index is 8.82. The highest BCUT2D eigenvalue weighted by molar-refractivity contribution is 6.33. The van der Waals surface area contributed by atoms with Gasteiger partial charge in [-0.2, -0.15) is 0 Å². The molecule has 0 unspecified atom stereocenters. The summed E-state index contributed by atoms with van der Waals surface area (Å²) in [6.07, 6.45) is 1.77. The summed E-state index contributed by atoms with van der Waals surface area (Å²) in [6.45, 7) is 1.15. The summed E-state index contributed by atoms with van der Waals surface area (Å²) in [6, 6.07) is 3.51. The number of aromatic nitrogens is 3. The number of aliphatic hydroxyl groups excluding tert-OH is 1. The molecule has 1 aromatic heterocycles. The van der Waals surface area contributed by atoms with Gasteiger partial charge in [0, 0.05) is 12.1 Å². The molecule has 2 N–H and O–H groups in total. The predicted octanol–water partition coefficient (Wildman–Crippen LogP) is 1.26. The number of anilines is 1. The molecular weight excluding hydrogens is 284 g/mol. The van der Waals surface area contributed by atoms with Crippen molar-refractivity contribution < 1.29 is 14.6 Å². The quantitative estimate of drug-likeness (QED) is 0.864. The first kappa shape index (κ1) is 13.0. The van der Waals surface area contributed by atoms with Crippen LogP contribution in [0, 0.1) is 0 Å². The van der Waals surface area contributed by atoms with E-state index in [-0.39, 0.29) is 13.4 Å². The zero-order chi connectivity index (χ0) is 13.9. The minimum absolute atomic E-state index is 0.0320. The molecule has 0 radical (unpaired) electrons. The third-order valence-corrected chi connectivity index (χ3v) is 3.15. The lowest BCUT2D eigenvalue weighted by atomic mass is 10.2. The maximum Gasteiger partial charge on any atom is 0.231 e. The number of hydrogen-bond donors (Lipinski definition) is 2.